The molecular formula is C14H19BrN2O. The van der Waals surface area contributed by atoms with E-state index in [1.165, 1.54) is 6.42 Å². The van der Waals surface area contributed by atoms with Gasteiger partial charge in [-0.2, -0.15) is 0 Å². The number of nitrogens with one attached hydrogen (secondary N) is 1. The molecule has 0 radical (unpaired) electrons. The summed E-state index contributed by atoms with van der Waals surface area (Å²) in [6.07, 6.45) is 3.47. The first kappa shape index (κ1) is 13.4. The second kappa shape index (κ2) is 5.74. The summed E-state index contributed by atoms with van der Waals surface area (Å²) in [6, 6.07) is 4.02. The number of likely N-dealkylation sites (tertiary alicyclic amines) is 1. The first-order valence-corrected chi connectivity index (χ1v) is 7.20. The third kappa shape index (κ3) is 3.05. The van der Waals surface area contributed by atoms with E-state index in [9.17, 15) is 4.79 Å². The van der Waals surface area contributed by atoms with Crippen LogP contribution in [-0.4, -0.2) is 24.0 Å². The third-order valence-corrected chi connectivity index (χ3v) is 4.58. The molecule has 0 aliphatic carbocycles. The highest BCUT2D eigenvalue weighted by Gasteiger charge is 2.16. The number of urea groups is 1. The molecule has 0 spiro atoms. The number of piperidine rings is 1. The zero-order valence-corrected chi connectivity index (χ0v) is 12.5. The van der Waals surface area contributed by atoms with Gasteiger partial charge in [0.2, 0.25) is 0 Å². The van der Waals surface area contributed by atoms with Crippen molar-refractivity contribution in [3.05, 3.63) is 27.7 Å². The molecule has 0 atom stereocenters. The Bertz CT molecular complexity index is 430. The molecule has 4 heteroatoms. The van der Waals surface area contributed by atoms with Crippen molar-refractivity contribution in [2.45, 2.75) is 33.1 Å². The smallest absolute Gasteiger partial charge is 0.321 e. The monoisotopic (exact) mass is 310 g/mol. The van der Waals surface area contributed by atoms with Gasteiger partial charge in [-0.15, -0.1) is 0 Å². The van der Waals surface area contributed by atoms with Gasteiger partial charge in [-0.1, -0.05) is 15.9 Å². The lowest BCUT2D eigenvalue weighted by molar-refractivity contribution is 0.200. The van der Waals surface area contributed by atoms with Crippen LogP contribution in [0.5, 0.6) is 0 Å². The third-order valence-electron chi connectivity index (χ3n) is 3.33. The summed E-state index contributed by atoms with van der Waals surface area (Å²) in [7, 11) is 0. The van der Waals surface area contributed by atoms with Crippen LogP contribution in [-0.2, 0) is 0 Å². The Labute approximate surface area is 117 Å². The standard InChI is InChI=1S/C14H19BrN2O/c1-10-8-12(9-11(2)13(10)15)16-14(18)17-6-4-3-5-7-17/h8-9H,3-7H2,1-2H3,(H,16,18). The molecule has 98 valence electrons. The molecule has 1 fully saturated rings. The van der Waals surface area contributed by atoms with Crippen LogP contribution < -0.4 is 5.32 Å². The Hall–Kier alpha value is -1.03. The molecular weight excluding hydrogens is 292 g/mol. The number of anilines is 1. The first-order valence-electron chi connectivity index (χ1n) is 6.40. The summed E-state index contributed by atoms with van der Waals surface area (Å²) in [4.78, 5) is 14.0. The Morgan fingerprint density at radius 3 is 2.28 bits per heavy atom. The maximum Gasteiger partial charge on any atom is 0.321 e. The normalized spacial score (nSPS) is 15.6. The lowest BCUT2D eigenvalue weighted by atomic mass is 10.1. The van der Waals surface area contributed by atoms with E-state index in [-0.39, 0.29) is 6.03 Å². The lowest BCUT2D eigenvalue weighted by Crippen LogP contribution is -2.38. The van der Waals surface area contributed by atoms with Crippen molar-refractivity contribution in [1.29, 1.82) is 0 Å². The van der Waals surface area contributed by atoms with Gasteiger partial charge in [0.15, 0.2) is 0 Å². The predicted molar refractivity (Wildman–Crippen MR) is 78.1 cm³/mol. The van der Waals surface area contributed by atoms with Crippen LogP contribution in [0.15, 0.2) is 16.6 Å². The fourth-order valence-corrected chi connectivity index (χ4v) is 2.55. The number of hydrogen-bond acceptors (Lipinski definition) is 1. The van der Waals surface area contributed by atoms with Gasteiger partial charge in [0, 0.05) is 23.2 Å². The van der Waals surface area contributed by atoms with Gasteiger partial charge in [-0.25, -0.2) is 4.79 Å². The van der Waals surface area contributed by atoms with E-state index in [0.717, 1.165) is 47.2 Å². The molecule has 18 heavy (non-hydrogen) atoms. The van der Waals surface area contributed by atoms with Gasteiger partial charge in [-0.3, -0.25) is 0 Å². The summed E-state index contributed by atoms with van der Waals surface area (Å²) in [5.41, 5.74) is 3.16. The topological polar surface area (TPSA) is 32.3 Å². The van der Waals surface area contributed by atoms with E-state index in [2.05, 4.69) is 21.2 Å². The van der Waals surface area contributed by atoms with E-state index in [0.29, 0.717) is 0 Å². The summed E-state index contributed by atoms with van der Waals surface area (Å²) in [6.45, 7) is 5.82. The van der Waals surface area contributed by atoms with Crippen LogP contribution in [0.4, 0.5) is 10.5 Å². The van der Waals surface area contributed by atoms with Gasteiger partial charge in [0.1, 0.15) is 0 Å². The number of hydrogen-bond donors (Lipinski definition) is 1. The number of halogens is 1. The molecule has 0 bridgehead atoms. The van der Waals surface area contributed by atoms with Crippen LogP contribution in [0.1, 0.15) is 30.4 Å². The van der Waals surface area contributed by atoms with Crippen molar-refractivity contribution < 1.29 is 4.79 Å². The number of benzene rings is 1. The van der Waals surface area contributed by atoms with E-state index >= 15 is 0 Å². The van der Waals surface area contributed by atoms with Crippen molar-refractivity contribution in [3.8, 4) is 0 Å². The predicted octanol–water partition coefficient (Wildman–Crippen LogP) is 4.08. The van der Waals surface area contributed by atoms with Crippen LogP contribution in [0, 0.1) is 13.8 Å². The van der Waals surface area contributed by atoms with Crippen molar-refractivity contribution in [1.82, 2.24) is 4.90 Å². The van der Waals surface area contributed by atoms with Gasteiger partial charge >= 0.3 is 6.03 Å². The second-order valence-electron chi connectivity index (χ2n) is 4.90. The van der Waals surface area contributed by atoms with Crippen LogP contribution >= 0.6 is 15.9 Å². The van der Waals surface area contributed by atoms with E-state index in [4.69, 9.17) is 0 Å². The first-order chi connectivity index (χ1) is 8.58. The highest BCUT2D eigenvalue weighted by atomic mass is 79.9. The van der Waals surface area contributed by atoms with E-state index in [1.54, 1.807) is 0 Å². The van der Waals surface area contributed by atoms with Crippen molar-refractivity contribution in [2.75, 3.05) is 18.4 Å². The summed E-state index contributed by atoms with van der Waals surface area (Å²) in [5, 5.41) is 2.99. The molecule has 1 aliphatic heterocycles. The summed E-state index contributed by atoms with van der Waals surface area (Å²) < 4.78 is 1.11. The van der Waals surface area contributed by atoms with Gasteiger partial charge < -0.3 is 10.2 Å². The quantitative estimate of drug-likeness (QED) is 0.832. The number of carbonyl (C=O) groups is 1. The van der Waals surface area contributed by atoms with E-state index in [1.807, 2.05) is 30.9 Å². The number of nitrogens with zero attached hydrogens (tertiary/aromatic N) is 1. The molecule has 1 aromatic carbocycles. The molecule has 0 unspecified atom stereocenters. The van der Waals surface area contributed by atoms with Crippen LogP contribution in [0.2, 0.25) is 0 Å². The molecule has 2 amide bonds. The second-order valence-corrected chi connectivity index (χ2v) is 5.69. The zero-order chi connectivity index (χ0) is 13.1. The summed E-state index contributed by atoms with van der Waals surface area (Å²) >= 11 is 3.53. The Balaban J connectivity index is 2.06. The zero-order valence-electron chi connectivity index (χ0n) is 10.9. The van der Waals surface area contributed by atoms with Crippen molar-refractivity contribution in [2.24, 2.45) is 0 Å². The van der Waals surface area contributed by atoms with Crippen molar-refractivity contribution >= 4 is 27.6 Å². The molecule has 0 saturated carbocycles. The minimum absolute atomic E-state index is 0.0239. The molecule has 0 aromatic heterocycles. The Kier molecular flexibility index (Phi) is 4.27. The number of rotatable bonds is 1. The van der Waals surface area contributed by atoms with Gasteiger partial charge in [0.05, 0.1) is 0 Å². The summed E-state index contributed by atoms with van der Waals surface area (Å²) in [5.74, 6) is 0. The molecule has 1 N–H and O–H groups in total. The Morgan fingerprint density at radius 1 is 1.17 bits per heavy atom. The largest absolute Gasteiger partial charge is 0.325 e. The highest BCUT2D eigenvalue weighted by molar-refractivity contribution is 9.10. The van der Waals surface area contributed by atoms with Gasteiger partial charge in [0.25, 0.3) is 0 Å². The minimum atomic E-state index is 0.0239. The average Bonchev–Trinajstić information content (AvgIpc) is 2.37. The number of amides is 2. The van der Waals surface area contributed by atoms with Gasteiger partial charge in [-0.05, 0) is 56.4 Å². The minimum Gasteiger partial charge on any atom is -0.325 e. The average molecular weight is 311 g/mol. The van der Waals surface area contributed by atoms with Crippen LogP contribution in [0.3, 0.4) is 0 Å². The lowest BCUT2D eigenvalue weighted by Gasteiger charge is -2.27. The van der Waals surface area contributed by atoms with Crippen molar-refractivity contribution in [3.63, 3.8) is 0 Å². The number of aryl methyl sites for hydroxylation is 2. The molecule has 3 nitrogen and oxygen atoms in total. The molecule has 1 aromatic rings. The fraction of sp³-hybridized carbons (Fsp3) is 0.500. The fourth-order valence-electron chi connectivity index (χ4n) is 2.32. The van der Waals surface area contributed by atoms with E-state index < -0.39 is 0 Å². The molecule has 1 heterocycles. The SMILES string of the molecule is Cc1cc(NC(=O)N2CCCCC2)cc(C)c1Br. The number of carbonyl (C=O) groups excluding carboxylic acids is 1. The Morgan fingerprint density at radius 2 is 1.72 bits per heavy atom. The van der Waals surface area contributed by atoms with Crippen LogP contribution in [0.25, 0.3) is 0 Å². The maximum absolute atomic E-state index is 12.1. The maximum atomic E-state index is 12.1. The molecule has 1 aliphatic rings. The molecule has 1 saturated heterocycles. The molecule has 2 rings (SSSR count). The highest BCUT2D eigenvalue weighted by Crippen LogP contribution is 2.25.